The fourth-order valence-electron chi connectivity index (χ4n) is 8.39. The molecule has 5 aliphatic carbocycles. The van der Waals surface area contributed by atoms with Gasteiger partial charge in [0.2, 0.25) is 0 Å². The number of epoxide rings is 1. The zero-order chi connectivity index (χ0) is 17.4. The summed E-state index contributed by atoms with van der Waals surface area (Å²) in [6, 6.07) is 0. The average molecular weight is 415 g/mol. The summed E-state index contributed by atoms with van der Waals surface area (Å²) in [4.78, 5) is 12.9. The van der Waals surface area contributed by atoms with Crippen LogP contribution in [0.3, 0.4) is 0 Å². The monoisotopic (exact) mass is 415 g/mol. The minimum absolute atomic E-state index is 0. The molecule has 0 aromatic carbocycles. The van der Waals surface area contributed by atoms with Crippen molar-refractivity contribution >= 4 is 15.2 Å². The van der Waals surface area contributed by atoms with Crippen molar-refractivity contribution in [3.63, 3.8) is 0 Å². The Hall–Kier alpha value is 0.564. The molecule has 1 N–H and O–H groups in total. The zero-order valence-electron chi connectivity index (χ0n) is 15.6. The average Bonchev–Trinajstić information content (AvgIpc) is 3.49. The molecule has 143 valence electrons. The molecule has 6 aliphatic rings. The van der Waals surface area contributed by atoms with Crippen LogP contribution in [0, 0.1) is 40.4 Å². The second-order valence-electron chi connectivity index (χ2n) is 10.4. The summed E-state index contributed by atoms with van der Waals surface area (Å²) < 4.78 is 11.9. The Morgan fingerprint density at radius 2 is 2.04 bits per heavy atom. The van der Waals surface area contributed by atoms with Crippen LogP contribution in [0.1, 0.15) is 52.4 Å². The number of fused-ring (bicyclic) bond motifs is 6. The number of ketones is 1. The third-order valence-electron chi connectivity index (χ3n) is 9.73. The summed E-state index contributed by atoms with van der Waals surface area (Å²) >= 11 is 0. The van der Waals surface area contributed by atoms with Gasteiger partial charge in [-0.2, -0.15) is 0 Å². The van der Waals surface area contributed by atoms with Crippen molar-refractivity contribution in [3.05, 3.63) is 0 Å². The van der Waals surface area contributed by atoms with Crippen LogP contribution in [0.15, 0.2) is 0 Å². The van der Waals surface area contributed by atoms with Gasteiger partial charge in [0.05, 0.1) is 12.2 Å². The van der Waals surface area contributed by atoms with E-state index >= 15 is 0 Å². The quantitative estimate of drug-likeness (QED) is 0.529. The fourth-order valence-corrected chi connectivity index (χ4v) is 8.62. The smallest absolute Gasteiger partial charge is 0.142 e. The van der Waals surface area contributed by atoms with Crippen molar-refractivity contribution in [1.29, 1.82) is 0 Å². The maximum atomic E-state index is 12.9. The summed E-state index contributed by atoms with van der Waals surface area (Å²) in [7, 11) is 2.41. The van der Waals surface area contributed by atoms with E-state index in [1.807, 2.05) is 0 Å². The Labute approximate surface area is 169 Å². The molecule has 26 heavy (non-hydrogen) atoms. The van der Waals surface area contributed by atoms with E-state index in [4.69, 9.17) is 9.26 Å². The van der Waals surface area contributed by atoms with Crippen molar-refractivity contribution in [2.75, 3.05) is 0 Å². The van der Waals surface area contributed by atoms with Crippen LogP contribution in [0.4, 0.5) is 0 Å². The van der Waals surface area contributed by atoms with Crippen LogP contribution in [0.5, 0.6) is 0 Å². The molecule has 0 aromatic rings. The molecule has 1 aliphatic heterocycles. The maximum Gasteiger partial charge on any atom is 0.142 e. The number of aliphatic hydroxyl groups excluding tert-OH is 1. The molecule has 0 aromatic heterocycles. The van der Waals surface area contributed by atoms with E-state index in [9.17, 15) is 9.90 Å². The molecule has 1 radical (unpaired) electrons. The van der Waals surface area contributed by atoms with Gasteiger partial charge in [0.1, 0.15) is 17.5 Å². The van der Waals surface area contributed by atoms with Gasteiger partial charge in [0, 0.05) is 51.2 Å². The Balaban J connectivity index is 0.00000150. The van der Waals surface area contributed by atoms with Crippen molar-refractivity contribution in [3.8, 4) is 0 Å². The second-order valence-corrected chi connectivity index (χ2v) is 10.6. The standard InChI is InChI=1S/C20H29O4P.V/c1-18-5-4-12-13(14(18)10-7-11(10)16(18)22)15(21)17-20(23-17)8-9(24-25)3-6-19(12,20)2;/h9-15,17,21H,3-8,25H2,1-2H3;/t9-,10+,11-,12?,13?,14?,15+,17+,18-,19+,20+;/m0./s1. The Kier molecular flexibility index (Phi) is 3.84. The first kappa shape index (κ1) is 18.6. The van der Waals surface area contributed by atoms with Crippen molar-refractivity contribution in [2.24, 2.45) is 40.4 Å². The van der Waals surface area contributed by atoms with Crippen LogP contribution in [-0.4, -0.2) is 34.8 Å². The van der Waals surface area contributed by atoms with E-state index < -0.39 is 6.10 Å². The number of carbonyl (C=O) groups is 1. The van der Waals surface area contributed by atoms with Gasteiger partial charge in [-0.25, -0.2) is 0 Å². The molecule has 4 nitrogen and oxygen atoms in total. The molecule has 1 heterocycles. The molecule has 6 rings (SSSR count). The molecular formula is C20H29O4PV. The number of hydrogen-bond donors (Lipinski definition) is 1. The summed E-state index contributed by atoms with van der Waals surface area (Å²) in [5.74, 6) is 2.47. The minimum atomic E-state index is -0.405. The Bertz CT molecular complexity index is 674. The summed E-state index contributed by atoms with van der Waals surface area (Å²) in [5.41, 5.74) is -0.244. The third-order valence-corrected chi connectivity index (χ3v) is 10.1. The van der Waals surface area contributed by atoms with Crippen molar-refractivity contribution < 1.29 is 37.7 Å². The van der Waals surface area contributed by atoms with E-state index in [0.29, 0.717) is 29.5 Å². The van der Waals surface area contributed by atoms with Crippen LogP contribution in [0.25, 0.3) is 0 Å². The van der Waals surface area contributed by atoms with Crippen molar-refractivity contribution in [2.45, 2.75) is 76.3 Å². The summed E-state index contributed by atoms with van der Waals surface area (Å²) in [5, 5.41) is 11.3. The van der Waals surface area contributed by atoms with Crippen LogP contribution in [0.2, 0.25) is 0 Å². The fraction of sp³-hybridized carbons (Fsp3) is 0.950. The van der Waals surface area contributed by atoms with E-state index in [1.165, 1.54) is 0 Å². The predicted molar refractivity (Wildman–Crippen MR) is 94.6 cm³/mol. The Morgan fingerprint density at radius 3 is 2.77 bits per heavy atom. The number of aliphatic hydroxyl groups is 1. The zero-order valence-corrected chi connectivity index (χ0v) is 18.1. The number of hydrogen-bond acceptors (Lipinski definition) is 4. The molecule has 1 spiro atoms. The van der Waals surface area contributed by atoms with Gasteiger partial charge in [-0.1, -0.05) is 13.8 Å². The minimum Gasteiger partial charge on any atom is -0.390 e. The largest absolute Gasteiger partial charge is 0.390 e. The second kappa shape index (κ2) is 5.38. The first-order valence-corrected chi connectivity index (χ1v) is 10.6. The topological polar surface area (TPSA) is 59.1 Å². The molecule has 4 unspecified atom stereocenters. The van der Waals surface area contributed by atoms with E-state index in [2.05, 4.69) is 23.3 Å². The van der Waals surface area contributed by atoms with Gasteiger partial charge >= 0.3 is 0 Å². The van der Waals surface area contributed by atoms with Gasteiger partial charge in [0.25, 0.3) is 0 Å². The molecule has 6 heteroatoms. The van der Waals surface area contributed by atoms with Gasteiger partial charge < -0.3 is 14.4 Å². The van der Waals surface area contributed by atoms with Crippen LogP contribution < -0.4 is 0 Å². The van der Waals surface area contributed by atoms with E-state index in [-0.39, 0.29) is 53.1 Å². The first-order valence-electron chi connectivity index (χ1n) is 10.1. The normalized spacial score (nSPS) is 64.2. The number of carbonyl (C=O) groups excluding carboxylic acids is 1. The summed E-state index contributed by atoms with van der Waals surface area (Å²) in [6.45, 7) is 4.62. The first-order chi connectivity index (χ1) is 11.9. The Morgan fingerprint density at radius 1 is 1.27 bits per heavy atom. The molecule has 0 amide bonds. The van der Waals surface area contributed by atoms with E-state index in [1.54, 1.807) is 0 Å². The predicted octanol–water partition coefficient (Wildman–Crippen LogP) is 2.73. The van der Waals surface area contributed by atoms with Gasteiger partial charge in [-0.3, -0.25) is 4.79 Å². The molecule has 12 atom stereocenters. The molecule has 5 saturated carbocycles. The summed E-state index contributed by atoms with van der Waals surface area (Å²) in [6.07, 6.45) is 6.02. The molecule has 1 saturated heterocycles. The van der Waals surface area contributed by atoms with Crippen LogP contribution >= 0.6 is 9.47 Å². The number of ether oxygens (including phenoxy) is 1. The maximum absolute atomic E-state index is 12.9. The number of Topliss-reactive ketones (excluding diaryl/α,β-unsaturated/α-hetero) is 1. The third kappa shape index (κ3) is 1.86. The van der Waals surface area contributed by atoms with Crippen LogP contribution in [-0.2, 0) is 32.6 Å². The molecule has 0 bridgehead atoms. The van der Waals surface area contributed by atoms with E-state index in [0.717, 1.165) is 38.5 Å². The SMILES string of the molecule is C[C@]12CCC3C(C1[C@@H]1C[C@@H]1C2=O)[C@@H](O)[C@H]1O[C@]12C[C@@H](OP)CC[C@]32C.[V]. The van der Waals surface area contributed by atoms with Gasteiger partial charge in [0.15, 0.2) is 0 Å². The van der Waals surface area contributed by atoms with Gasteiger partial charge in [-0.15, -0.1) is 0 Å². The van der Waals surface area contributed by atoms with Crippen molar-refractivity contribution in [1.82, 2.24) is 0 Å². The molecular weight excluding hydrogens is 386 g/mol. The molecule has 6 fully saturated rings. The van der Waals surface area contributed by atoms with Gasteiger partial charge in [-0.05, 0) is 55.8 Å². The number of rotatable bonds is 1.